The molecule has 7 heteroatoms. The average molecular weight is 399 g/mol. The van der Waals surface area contributed by atoms with Gasteiger partial charge in [0.05, 0.1) is 25.6 Å². The number of nitrogens with zero attached hydrogens (tertiary/aromatic N) is 2. The number of hydrogen-bond donors (Lipinski definition) is 1. The Morgan fingerprint density at radius 2 is 2.17 bits per heavy atom. The molecule has 1 aromatic rings. The molecule has 1 N–H and O–H groups in total. The molecule has 0 saturated carbocycles. The maximum atomic E-state index is 12.7. The summed E-state index contributed by atoms with van der Waals surface area (Å²) in [6.45, 7) is 5.90. The number of nitrogens with one attached hydrogen (secondary N) is 1. The van der Waals surface area contributed by atoms with Crippen LogP contribution >= 0.6 is 0 Å². The Balaban J connectivity index is 2.13. The van der Waals surface area contributed by atoms with Gasteiger partial charge in [0, 0.05) is 6.54 Å². The van der Waals surface area contributed by atoms with E-state index in [2.05, 4.69) is 11.4 Å². The Morgan fingerprint density at radius 1 is 1.41 bits per heavy atom. The van der Waals surface area contributed by atoms with Gasteiger partial charge in [0.2, 0.25) is 5.91 Å². The van der Waals surface area contributed by atoms with E-state index < -0.39 is 23.8 Å². The Hall–Kier alpha value is -3.01. The highest BCUT2D eigenvalue weighted by molar-refractivity contribution is 5.79. The molecule has 29 heavy (non-hydrogen) atoms. The van der Waals surface area contributed by atoms with Gasteiger partial charge in [0.25, 0.3) is 0 Å². The van der Waals surface area contributed by atoms with Gasteiger partial charge in [-0.25, -0.2) is 4.79 Å². The molecule has 0 bridgehead atoms. The summed E-state index contributed by atoms with van der Waals surface area (Å²) in [6, 6.07) is 8.67. The van der Waals surface area contributed by atoms with Crippen LogP contribution in [0.1, 0.15) is 45.6 Å². The van der Waals surface area contributed by atoms with Crippen molar-refractivity contribution < 1.29 is 19.1 Å². The first-order valence-electron chi connectivity index (χ1n) is 9.72. The summed E-state index contributed by atoms with van der Waals surface area (Å²) in [6.07, 6.45) is 4.54. The van der Waals surface area contributed by atoms with E-state index in [1.807, 2.05) is 30.3 Å². The molecule has 1 aliphatic heterocycles. The van der Waals surface area contributed by atoms with Crippen LogP contribution in [-0.2, 0) is 9.53 Å². The largest absolute Gasteiger partial charge is 0.497 e. The van der Waals surface area contributed by atoms with Crippen LogP contribution in [0.15, 0.2) is 30.3 Å². The number of carbonyl (C=O) groups is 2. The number of benzene rings is 1. The molecule has 2 rings (SSSR count). The standard InChI is InChI=1S/C22H29N3O4/c1-22(2,3)29-21(27)24-17(11-10-16-7-5-9-19(13-16)28-4)14-20(26)25-12-6-8-18(25)15-23/h5,7,9-11,13,17-18H,6,8,12,14H2,1-4H3,(H,24,27)/t17?,18-/m0/s1. The Bertz CT molecular complexity index is 792. The van der Waals surface area contributed by atoms with Crippen molar-refractivity contribution in [2.24, 2.45) is 0 Å². The molecule has 0 aliphatic carbocycles. The SMILES string of the molecule is COc1cccc(C=CC(CC(=O)N2CCC[C@H]2C#N)NC(=O)OC(C)(C)C)c1. The molecule has 0 aromatic heterocycles. The number of amides is 2. The third-order valence-corrected chi connectivity index (χ3v) is 4.43. The highest BCUT2D eigenvalue weighted by Gasteiger charge is 2.30. The predicted octanol–water partition coefficient (Wildman–Crippen LogP) is 3.51. The molecule has 156 valence electrons. The first-order valence-corrected chi connectivity index (χ1v) is 9.72. The predicted molar refractivity (Wildman–Crippen MR) is 110 cm³/mol. The van der Waals surface area contributed by atoms with Crippen LogP contribution in [-0.4, -0.2) is 48.2 Å². The zero-order valence-corrected chi connectivity index (χ0v) is 17.5. The minimum atomic E-state index is -0.643. The first kappa shape index (κ1) is 22.3. The zero-order chi connectivity index (χ0) is 21.4. The summed E-state index contributed by atoms with van der Waals surface area (Å²) < 4.78 is 10.5. The summed E-state index contributed by atoms with van der Waals surface area (Å²) in [4.78, 5) is 26.6. The average Bonchev–Trinajstić information content (AvgIpc) is 3.13. The lowest BCUT2D eigenvalue weighted by Gasteiger charge is -2.24. The van der Waals surface area contributed by atoms with Crippen molar-refractivity contribution in [1.82, 2.24) is 10.2 Å². The van der Waals surface area contributed by atoms with Gasteiger partial charge in [-0.3, -0.25) is 4.79 Å². The lowest BCUT2D eigenvalue weighted by Crippen LogP contribution is -2.43. The second kappa shape index (κ2) is 9.97. The molecule has 1 aromatic carbocycles. The fourth-order valence-corrected chi connectivity index (χ4v) is 3.10. The van der Waals surface area contributed by atoms with Gasteiger partial charge in [-0.15, -0.1) is 0 Å². The molecule has 1 fully saturated rings. The molecule has 7 nitrogen and oxygen atoms in total. The molecule has 0 radical (unpaired) electrons. The Labute approximate surface area is 172 Å². The van der Waals surface area contributed by atoms with Crippen LogP contribution in [0.3, 0.4) is 0 Å². The van der Waals surface area contributed by atoms with Crippen LogP contribution in [0, 0.1) is 11.3 Å². The summed E-state index contributed by atoms with van der Waals surface area (Å²) in [5.41, 5.74) is 0.236. The summed E-state index contributed by atoms with van der Waals surface area (Å²) in [7, 11) is 1.59. The maximum Gasteiger partial charge on any atom is 0.408 e. The van der Waals surface area contributed by atoms with Crippen molar-refractivity contribution in [1.29, 1.82) is 5.26 Å². The smallest absolute Gasteiger partial charge is 0.408 e. The molecular weight excluding hydrogens is 370 g/mol. The number of likely N-dealkylation sites (tertiary alicyclic amines) is 1. The molecule has 1 heterocycles. The van der Waals surface area contributed by atoms with E-state index in [9.17, 15) is 14.9 Å². The van der Waals surface area contributed by atoms with E-state index in [4.69, 9.17) is 9.47 Å². The highest BCUT2D eigenvalue weighted by atomic mass is 16.6. The van der Waals surface area contributed by atoms with Gasteiger partial charge in [-0.1, -0.05) is 24.3 Å². The van der Waals surface area contributed by atoms with E-state index in [1.54, 1.807) is 38.9 Å². The fraction of sp³-hybridized carbons (Fsp3) is 0.500. The minimum Gasteiger partial charge on any atom is -0.497 e. The molecular formula is C22H29N3O4. The summed E-state index contributed by atoms with van der Waals surface area (Å²) in [5.74, 6) is 0.555. The van der Waals surface area contributed by atoms with E-state index in [1.165, 1.54) is 0 Å². The van der Waals surface area contributed by atoms with Crippen LogP contribution in [0.2, 0.25) is 0 Å². The molecule has 1 aliphatic rings. The van der Waals surface area contributed by atoms with Gasteiger partial charge >= 0.3 is 6.09 Å². The lowest BCUT2D eigenvalue weighted by atomic mass is 10.1. The number of ether oxygens (including phenoxy) is 2. The molecule has 1 saturated heterocycles. The summed E-state index contributed by atoms with van der Waals surface area (Å²) >= 11 is 0. The van der Waals surface area contributed by atoms with E-state index in [-0.39, 0.29) is 12.3 Å². The number of hydrogen-bond acceptors (Lipinski definition) is 5. The number of alkyl carbamates (subject to hydrolysis) is 1. The second-order valence-electron chi connectivity index (χ2n) is 7.97. The van der Waals surface area contributed by atoms with E-state index in [0.29, 0.717) is 18.7 Å². The highest BCUT2D eigenvalue weighted by Crippen LogP contribution is 2.19. The topological polar surface area (TPSA) is 91.7 Å². The fourth-order valence-electron chi connectivity index (χ4n) is 3.10. The Morgan fingerprint density at radius 3 is 2.83 bits per heavy atom. The number of carbonyl (C=O) groups excluding carboxylic acids is 2. The first-order chi connectivity index (χ1) is 13.7. The molecule has 1 unspecified atom stereocenters. The van der Waals surface area contributed by atoms with Crippen molar-refractivity contribution in [2.45, 2.75) is 57.7 Å². The number of methoxy groups -OCH3 is 1. The number of nitriles is 1. The van der Waals surface area contributed by atoms with Crippen molar-refractivity contribution in [3.63, 3.8) is 0 Å². The van der Waals surface area contributed by atoms with Crippen LogP contribution in [0.25, 0.3) is 6.08 Å². The Kier molecular flexibility index (Phi) is 7.66. The van der Waals surface area contributed by atoms with Crippen molar-refractivity contribution in [2.75, 3.05) is 13.7 Å². The lowest BCUT2D eigenvalue weighted by molar-refractivity contribution is -0.131. The monoisotopic (exact) mass is 399 g/mol. The minimum absolute atomic E-state index is 0.0535. The van der Waals surface area contributed by atoms with Gasteiger partial charge in [-0.05, 0) is 51.3 Å². The van der Waals surface area contributed by atoms with E-state index >= 15 is 0 Å². The van der Waals surface area contributed by atoms with Crippen LogP contribution in [0.4, 0.5) is 4.79 Å². The normalized spacial score (nSPS) is 17.6. The van der Waals surface area contributed by atoms with Crippen molar-refractivity contribution >= 4 is 18.1 Å². The second-order valence-corrected chi connectivity index (χ2v) is 7.97. The number of rotatable bonds is 6. The van der Waals surface area contributed by atoms with Gasteiger partial charge in [0.1, 0.15) is 17.4 Å². The third kappa shape index (κ3) is 7.15. The van der Waals surface area contributed by atoms with Crippen LogP contribution < -0.4 is 10.1 Å². The van der Waals surface area contributed by atoms with Crippen molar-refractivity contribution in [3.05, 3.63) is 35.9 Å². The quantitative estimate of drug-likeness (QED) is 0.790. The maximum absolute atomic E-state index is 12.7. The molecule has 2 amide bonds. The molecule has 0 spiro atoms. The van der Waals surface area contributed by atoms with Gasteiger partial charge in [-0.2, -0.15) is 5.26 Å². The van der Waals surface area contributed by atoms with Gasteiger partial charge in [0.15, 0.2) is 0 Å². The summed E-state index contributed by atoms with van der Waals surface area (Å²) in [5, 5.41) is 12.0. The molecule has 2 atom stereocenters. The van der Waals surface area contributed by atoms with E-state index in [0.717, 1.165) is 12.0 Å². The van der Waals surface area contributed by atoms with Crippen LogP contribution in [0.5, 0.6) is 5.75 Å². The zero-order valence-electron chi connectivity index (χ0n) is 17.5. The van der Waals surface area contributed by atoms with Crippen molar-refractivity contribution in [3.8, 4) is 11.8 Å². The van der Waals surface area contributed by atoms with Gasteiger partial charge < -0.3 is 19.7 Å². The third-order valence-electron chi connectivity index (χ3n) is 4.43.